The first-order valence-corrected chi connectivity index (χ1v) is 10.1. The van der Waals surface area contributed by atoms with Gasteiger partial charge in [-0.2, -0.15) is 0 Å². The number of carbonyl (C=O) groups excluding carboxylic acids is 2. The number of aliphatic hydroxyl groups is 1. The summed E-state index contributed by atoms with van der Waals surface area (Å²) in [5, 5.41) is 11.0. The molecule has 1 amide bonds. The first kappa shape index (κ1) is 20.4. The van der Waals surface area contributed by atoms with Gasteiger partial charge in [-0.1, -0.05) is 60.7 Å². The highest BCUT2D eigenvalue weighted by molar-refractivity contribution is 6.46. The second kappa shape index (κ2) is 8.88. The van der Waals surface area contributed by atoms with Crippen LogP contribution in [0.1, 0.15) is 22.7 Å². The van der Waals surface area contributed by atoms with Gasteiger partial charge in [0.25, 0.3) is 11.7 Å². The van der Waals surface area contributed by atoms with Crippen LogP contribution in [0.15, 0.2) is 90.5 Å². The van der Waals surface area contributed by atoms with Crippen LogP contribution in [0.25, 0.3) is 5.76 Å². The number of carbonyl (C=O) groups is 2. The molecule has 5 heteroatoms. The number of amides is 1. The molecule has 1 aliphatic rings. The molecule has 0 aromatic heterocycles. The van der Waals surface area contributed by atoms with Gasteiger partial charge in [0, 0.05) is 12.1 Å². The van der Waals surface area contributed by atoms with Gasteiger partial charge in [-0.3, -0.25) is 9.59 Å². The number of benzene rings is 3. The predicted molar refractivity (Wildman–Crippen MR) is 119 cm³/mol. The van der Waals surface area contributed by atoms with Gasteiger partial charge >= 0.3 is 0 Å². The van der Waals surface area contributed by atoms with Crippen LogP contribution in [0.2, 0.25) is 0 Å². The molecule has 4 rings (SSSR count). The molecule has 0 bridgehead atoms. The van der Waals surface area contributed by atoms with E-state index < -0.39 is 17.7 Å². The highest BCUT2D eigenvalue weighted by Crippen LogP contribution is 2.39. The van der Waals surface area contributed by atoms with Crippen LogP contribution < -0.4 is 4.74 Å². The quantitative estimate of drug-likeness (QED) is 0.370. The van der Waals surface area contributed by atoms with Gasteiger partial charge in [0.05, 0.1) is 18.7 Å². The van der Waals surface area contributed by atoms with E-state index in [1.54, 1.807) is 36.3 Å². The Balaban J connectivity index is 1.75. The number of Topliss-reactive ketones (excluding diaryl/α,β-unsaturated/α-hetero) is 1. The number of ether oxygens (including phenoxy) is 1. The van der Waals surface area contributed by atoms with E-state index >= 15 is 0 Å². The van der Waals surface area contributed by atoms with E-state index in [1.807, 2.05) is 60.7 Å². The van der Waals surface area contributed by atoms with Gasteiger partial charge in [0.2, 0.25) is 0 Å². The summed E-state index contributed by atoms with van der Waals surface area (Å²) in [6, 6.07) is 25.3. The lowest BCUT2D eigenvalue weighted by atomic mass is 9.95. The summed E-state index contributed by atoms with van der Waals surface area (Å²) in [7, 11) is 1.56. The van der Waals surface area contributed by atoms with Crippen LogP contribution in [-0.2, 0) is 16.0 Å². The number of methoxy groups -OCH3 is 1. The average molecular weight is 413 g/mol. The molecule has 1 aliphatic heterocycles. The standard InChI is InChI=1S/C26H23NO4/c1-31-21-14-12-20(13-15-21)24(28)22-23(19-10-6-3-7-11-19)27(26(30)25(22)29)17-16-18-8-4-2-5-9-18/h2-15,23,28H,16-17H2,1H3/t23-/m0/s1. The third-order valence-electron chi connectivity index (χ3n) is 5.50. The van der Waals surface area contributed by atoms with Crippen molar-refractivity contribution < 1.29 is 19.4 Å². The van der Waals surface area contributed by atoms with E-state index in [0.717, 1.165) is 11.1 Å². The molecule has 0 radical (unpaired) electrons. The minimum atomic E-state index is -0.671. The zero-order valence-corrected chi connectivity index (χ0v) is 17.2. The molecule has 1 heterocycles. The monoisotopic (exact) mass is 413 g/mol. The van der Waals surface area contributed by atoms with Crippen molar-refractivity contribution in [3.8, 4) is 5.75 Å². The second-order valence-corrected chi connectivity index (χ2v) is 7.37. The fourth-order valence-corrected chi connectivity index (χ4v) is 3.89. The molecule has 0 aliphatic carbocycles. The molecular weight excluding hydrogens is 390 g/mol. The maximum atomic E-state index is 13.0. The van der Waals surface area contributed by atoms with E-state index in [2.05, 4.69) is 0 Å². The van der Waals surface area contributed by atoms with Crippen LogP contribution in [0.5, 0.6) is 5.75 Å². The van der Waals surface area contributed by atoms with Crippen molar-refractivity contribution in [1.29, 1.82) is 0 Å². The Morgan fingerprint density at radius 1 is 0.903 bits per heavy atom. The van der Waals surface area contributed by atoms with E-state index in [4.69, 9.17) is 4.74 Å². The smallest absolute Gasteiger partial charge is 0.295 e. The molecule has 3 aromatic carbocycles. The number of aliphatic hydroxyl groups excluding tert-OH is 1. The van der Waals surface area contributed by atoms with E-state index in [-0.39, 0.29) is 11.3 Å². The van der Waals surface area contributed by atoms with Crippen LogP contribution in [0, 0.1) is 0 Å². The highest BCUT2D eigenvalue weighted by Gasteiger charge is 2.45. The van der Waals surface area contributed by atoms with Crippen LogP contribution in [-0.4, -0.2) is 35.4 Å². The Morgan fingerprint density at radius 2 is 1.52 bits per heavy atom. The zero-order chi connectivity index (χ0) is 21.8. The summed E-state index contributed by atoms with van der Waals surface area (Å²) in [4.78, 5) is 27.5. The molecule has 0 spiro atoms. The minimum Gasteiger partial charge on any atom is -0.507 e. The van der Waals surface area contributed by atoms with Gasteiger partial charge in [-0.05, 0) is 41.8 Å². The van der Waals surface area contributed by atoms with Crippen molar-refractivity contribution in [2.45, 2.75) is 12.5 Å². The molecule has 1 N–H and O–H groups in total. The second-order valence-electron chi connectivity index (χ2n) is 7.37. The lowest BCUT2D eigenvalue weighted by Gasteiger charge is -2.25. The molecule has 156 valence electrons. The van der Waals surface area contributed by atoms with Gasteiger partial charge in [-0.15, -0.1) is 0 Å². The highest BCUT2D eigenvalue weighted by atomic mass is 16.5. The first-order valence-electron chi connectivity index (χ1n) is 10.1. The largest absolute Gasteiger partial charge is 0.507 e. The van der Waals surface area contributed by atoms with Crippen LogP contribution >= 0.6 is 0 Å². The summed E-state index contributed by atoms with van der Waals surface area (Å²) < 4.78 is 5.17. The van der Waals surface area contributed by atoms with Crippen LogP contribution in [0.4, 0.5) is 0 Å². The Bertz CT molecular complexity index is 1110. The number of rotatable bonds is 6. The van der Waals surface area contributed by atoms with Gasteiger partial charge in [0.1, 0.15) is 11.5 Å². The Hall–Kier alpha value is -3.86. The van der Waals surface area contributed by atoms with Crippen molar-refractivity contribution in [2.24, 2.45) is 0 Å². The summed E-state index contributed by atoms with van der Waals surface area (Å²) in [5.74, 6) is -0.813. The molecular formula is C26H23NO4. The molecule has 5 nitrogen and oxygen atoms in total. The van der Waals surface area contributed by atoms with Gasteiger partial charge < -0.3 is 14.7 Å². The fraction of sp³-hybridized carbons (Fsp3) is 0.154. The Kier molecular flexibility index (Phi) is 5.85. The number of nitrogens with zero attached hydrogens (tertiary/aromatic N) is 1. The number of ketones is 1. The van der Waals surface area contributed by atoms with Crippen molar-refractivity contribution in [1.82, 2.24) is 4.90 Å². The lowest BCUT2D eigenvalue weighted by Crippen LogP contribution is -2.31. The molecule has 31 heavy (non-hydrogen) atoms. The van der Waals surface area contributed by atoms with Crippen molar-refractivity contribution >= 4 is 17.4 Å². The molecule has 3 aromatic rings. The molecule has 0 saturated carbocycles. The van der Waals surface area contributed by atoms with Gasteiger partial charge in [-0.25, -0.2) is 0 Å². The Morgan fingerprint density at radius 3 is 2.13 bits per heavy atom. The predicted octanol–water partition coefficient (Wildman–Crippen LogP) is 4.36. The van der Waals surface area contributed by atoms with E-state index in [0.29, 0.717) is 24.3 Å². The first-order chi connectivity index (χ1) is 15.1. The summed E-state index contributed by atoms with van der Waals surface area (Å²) in [6.07, 6.45) is 0.611. The van der Waals surface area contributed by atoms with Crippen molar-refractivity contribution in [3.05, 3.63) is 107 Å². The molecule has 1 fully saturated rings. The van der Waals surface area contributed by atoms with Crippen molar-refractivity contribution in [3.63, 3.8) is 0 Å². The number of likely N-dealkylation sites (tertiary alicyclic amines) is 1. The summed E-state index contributed by atoms with van der Waals surface area (Å²) in [5.41, 5.74) is 2.42. The van der Waals surface area contributed by atoms with Gasteiger partial charge in [0.15, 0.2) is 0 Å². The SMILES string of the molecule is COc1ccc(C(O)=C2C(=O)C(=O)N(CCc3ccccc3)[C@H]2c2ccccc2)cc1. The van der Waals surface area contributed by atoms with E-state index in [9.17, 15) is 14.7 Å². The van der Waals surface area contributed by atoms with E-state index in [1.165, 1.54) is 0 Å². The minimum absolute atomic E-state index is 0.106. The fourth-order valence-electron chi connectivity index (χ4n) is 3.89. The van der Waals surface area contributed by atoms with Crippen LogP contribution in [0.3, 0.4) is 0 Å². The maximum absolute atomic E-state index is 13.0. The average Bonchev–Trinajstić information content (AvgIpc) is 3.08. The van der Waals surface area contributed by atoms with Crippen molar-refractivity contribution in [2.75, 3.05) is 13.7 Å². The molecule has 0 unspecified atom stereocenters. The number of hydrogen-bond donors (Lipinski definition) is 1. The zero-order valence-electron chi connectivity index (χ0n) is 17.2. The lowest BCUT2D eigenvalue weighted by molar-refractivity contribution is -0.139. The topological polar surface area (TPSA) is 66.8 Å². The number of hydrogen-bond acceptors (Lipinski definition) is 4. The third kappa shape index (κ3) is 4.08. The maximum Gasteiger partial charge on any atom is 0.295 e. The Labute approximate surface area is 181 Å². The third-order valence-corrected chi connectivity index (χ3v) is 5.50. The summed E-state index contributed by atoms with van der Waals surface area (Å²) in [6.45, 7) is 0.369. The molecule has 1 saturated heterocycles. The normalized spacial score (nSPS) is 17.7. The molecule has 1 atom stereocenters. The summed E-state index contributed by atoms with van der Waals surface area (Å²) >= 11 is 0.